The zero-order valence-electron chi connectivity index (χ0n) is 20.6. The molecule has 0 rings (SSSR count). The molecule has 0 bridgehead atoms. The fourth-order valence-electron chi connectivity index (χ4n) is 3.99. The van der Waals surface area contributed by atoms with Crippen LogP contribution < -0.4 is 0 Å². The molecule has 2 unspecified atom stereocenters. The Morgan fingerprint density at radius 1 is 0.700 bits per heavy atom. The largest absolute Gasteiger partial charge is 0.481 e. The van der Waals surface area contributed by atoms with Crippen molar-refractivity contribution < 1.29 is 19.4 Å². The first kappa shape index (κ1) is 28.9. The first-order valence-corrected chi connectivity index (χ1v) is 12.7. The highest BCUT2D eigenvalue weighted by Crippen LogP contribution is 2.28. The summed E-state index contributed by atoms with van der Waals surface area (Å²) in [6.45, 7) is 10.7. The van der Waals surface area contributed by atoms with Crippen molar-refractivity contribution in [3.05, 3.63) is 0 Å². The molecular weight excluding hydrogens is 376 g/mol. The van der Waals surface area contributed by atoms with E-state index in [0.717, 1.165) is 19.3 Å². The van der Waals surface area contributed by atoms with Crippen molar-refractivity contribution >= 4 is 11.9 Å². The van der Waals surface area contributed by atoms with Gasteiger partial charge in [-0.3, -0.25) is 9.59 Å². The van der Waals surface area contributed by atoms with Crippen LogP contribution in [0.25, 0.3) is 0 Å². The summed E-state index contributed by atoms with van der Waals surface area (Å²) in [4.78, 5) is 24.5. The number of carboxylic acids is 1. The minimum absolute atomic E-state index is 0.258. The van der Waals surface area contributed by atoms with E-state index in [2.05, 4.69) is 6.92 Å². The van der Waals surface area contributed by atoms with E-state index >= 15 is 0 Å². The molecule has 178 valence electrons. The van der Waals surface area contributed by atoms with Gasteiger partial charge in [0.25, 0.3) is 0 Å². The third-order valence-electron chi connectivity index (χ3n) is 5.76. The summed E-state index contributed by atoms with van der Waals surface area (Å²) in [5.74, 6) is -1.82. The minimum atomic E-state index is -0.856. The minimum Gasteiger partial charge on any atom is -0.481 e. The Balaban J connectivity index is 4.20. The van der Waals surface area contributed by atoms with Gasteiger partial charge in [-0.05, 0) is 24.7 Å². The van der Waals surface area contributed by atoms with Gasteiger partial charge in [-0.1, -0.05) is 112 Å². The Morgan fingerprint density at radius 3 is 1.57 bits per heavy atom. The number of carbonyl (C=O) groups is 2. The number of rotatable bonds is 20. The molecule has 0 heterocycles. The van der Waals surface area contributed by atoms with Gasteiger partial charge in [-0.25, -0.2) is 0 Å². The van der Waals surface area contributed by atoms with Crippen molar-refractivity contribution in [1.29, 1.82) is 0 Å². The fourth-order valence-corrected chi connectivity index (χ4v) is 3.99. The topological polar surface area (TPSA) is 63.6 Å². The molecule has 0 spiro atoms. The number of unbranched alkanes of at least 4 members (excludes halogenated alkanes) is 11. The van der Waals surface area contributed by atoms with Gasteiger partial charge in [0, 0.05) is 0 Å². The maximum absolute atomic E-state index is 12.6. The van der Waals surface area contributed by atoms with Gasteiger partial charge < -0.3 is 9.84 Å². The molecule has 0 saturated carbocycles. The highest BCUT2D eigenvalue weighted by molar-refractivity contribution is 5.81. The molecule has 0 aliphatic heterocycles. The molecule has 0 aliphatic rings. The number of carbonyl (C=O) groups excluding carboxylic acids is 1. The van der Waals surface area contributed by atoms with E-state index < -0.39 is 17.8 Å². The van der Waals surface area contributed by atoms with Gasteiger partial charge >= 0.3 is 11.9 Å². The lowest BCUT2D eigenvalue weighted by atomic mass is 9.82. The van der Waals surface area contributed by atoms with Crippen molar-refractivity contribution in [3.8, 4) is 0 Å². The first-order chi connectivity index (χ1) is 14.3. The van der Waals surface area contributed by atoms with Crippen LogP contribution in [-0.4, -0.2) is 23.7 Å². The SMILES string of the molecule is CCCCCCCCCCCCCCC(C(=O)O)C(CC(C)C)C(=O)OCC(C)C. The van der Waals surface area contributed by atoms with Crippen LogP contribution in [0.4, 0.5) is 0 Å². The Morgan fingerprint density at radius 2 is 1.17 bits per heavy atom. The van der Waals surface area contributed by atoms with Gasteiger partial charge in [-0.2, -0.15) is 0 Å². The van der Waals surface area contributed by atoms with Crippen LogP contribution in [0, 0.1) is 23.7 Å². The Hall–Kier alpha value is -1.06. The summed E-state index contributed by atoms with van der Waals surface area (Å²) < 4.78 is 5.41. The highest BCUT2D eigenvalue weighted by Gasteiger charge is 2.35. The van der Waals surface area contributed by atoms with Gasteiger partial charge in [0.05, 0.1) is 18.4 Å². The number of aliphatic carboxylic acids is 1. The fraction of sp³-hybridized carbons (Fsp3) is 0.923. The van der Waals surface area contributed by atoms with Crippen molar-refractivity contribution in [2.45, 2.75) is 125 Å². The molecule has 0 aromatic carbocycles. The maximum atomic E-state index is 12.6. The second kappa shape index (κ2) is 18.7. The van der Waals surface area contributed by atoms with Crippen molar-refractivity contribution in [1.82, 2.24) is 0 Å². The summed E-state index contributed by atoms with van der Waals surface area (Å²) in [5, 5.41) is 9.75. The molecular formula is C26H50O4. The van der Waals surface area contributed by atoms with Crippen LogP contribution in [0.1, 0.15) is 125 Å². The van der Waals surface area contributed by atoms with Gasteiger partial charge in [0.1, 0.15) is 0 Å². The monoisotopic (exact) mass is 426 g/mol. The predicted octanol–water partition coefficient (Wildman–Crippen LogP) is 7.64. The normalized spacial score (nSPS) is 13.6. The van der Waals surface area contributed by atoms with E-state index in [4.69, 9.17) is 4.74 Å². The summed E-state index contributed by atoms with van der Waals surface area (Å²) >= 11 is 0. The standard InChI is InChI=1S/C26H50O4/c1-6-7-8-9-10-11-12-13-14-15-16-17-18-23(25(27)28)24(19-21(2)3)26(29)30-20-22(4)5/h21-24H,6-20H2,1-5H3,(H,27,28). The zero-order chi connectivity index (χ0) is 22.8. The number of hydrogen-bond donors (Lipinski definition) is 1. The molecule has 4 heteroatoms. The molecule has 30 heavy (non-hydrogen) atoms. The number of ether oxygens (including phenoxy) is 1. The molecule has 0 radical (unpaired) electrons. The molecule has 0 aromatic rings. The first-order valence-electron chi connectivity index (χ1n) is 12.7. The van der Waals surface area contributed by atoms with Crippen molar-refractivity contribution in [2.75, 3.05) is 6.61 Å². The Bertz CT molecular complexity index is 431. The number of esters is 1. The van der Waals surface area contributed by atoms with Gasteiger partial charge in [-0.15, -0.1) is 0 Å². The summed E-state index contributed by atoms with van der Waals surface area (Å²) in [6.07, 6.45) is 16.2. The van der Waals surface area contributed by atoms with Crippen LogP contribution in [0.5, 0.6) is 0 Å². The second-order valence-corrected chi connectivity index (χ2v) is 9.88. The predicted molar refractivity (Wildman–Crippen MR) is 126 cm³/mol. The van der Waals surface area contributed by atoms with Gasteiger partial charge in [0.15, 0.2) is 0 Å². The third-order valence-corrected chi connectivity index (χ3v) is 5.76. The molecule has 0 amide bonds. The number of carboxylic acid groups (broad SMARTS) is 1. The molecule has 1 N–H and O–H groups in total. The lowest BCUT2D eigenvalue weighted by Gasteiger charge is -2.24. The van der Waals surface area contributed by atoms with E-state index in [1.165, 1.54) is 57.8 Å². The summed E-state index contributed by atoms with van der Waals surface area (Å²) in [5.41, 5.74) is 0. The third kappa shape index (κ3) is 15.7. The molecule has 0 aromatic heterocycles. The number of hydrogen-bond acceptors (Lipinski definition) is 3. The van der Waals surface area contributed by atoms with Crippen molar-refractivity contribution in [2.24, 2.45) is 23.7 Å². The molecule has 2 atom stereocenters. The molecule has 0 fully saturated rings. The van der Waals surface area contributed by atoms with Crippen LogP contribution in [-0.2, 0) is 14.3 Å². The van der Waals surface area contributed by atoms with Crippen molar-refractivity contribution in [3.63, 3.8) is 0 Å². The van der Waals surface area contributed by atoms with E-state index in [9.17, 15) is 14.7 Å². The van der Waals surface area contributed by atoms with E-state index in [0.29, 0.717) is 19.4 Å². The van der Waals surface area contributed by atoms with Crippen LogP contribution in [0.3, 0.4) is 0 Å². The summed E-state index contributed by atoms with van der Waals surface area (Å²) in [6, 6.07) is 0. The van der Waals surface area contributed by atoms with E-state index in [1.54, 1.807) is 0 Å². The maximum Gasteiger partial charge on any atom is 0.309 e. The average Bonchev–Trinajstić information content (AvgIpc) is 2.68. The van der Waals surface area contributed by atoms with Crippen LogP contribution >= 0.6 is 0 Å². The molecule has 0 aliphatic carbocycles. The Labute approximate surface area is 186 Å². The highest BCUT2D eigenvalue weighted by atomic mass is 16.5. The second-order valence-electron chi connectivity index (χ2n) is 9.88. The van der Waals surface area contributed by atoms with Crippen LogP contribution in [0.15, 0.2) is 0 Å². The van der Waals surface area contributed by atoms with Gasteiger partial charge in [0.2, 0.25) is 0 Å². The van der Waals surface area contributed by atoms with E-state index in [1.807, 2.05) is 27.7 Å². The van der Waals surface area contributed by atoms with Crippen LogP contribution in [0.2, 0.25) is 0 Å². The quantitative estimate of drug-likeness (QED) is 0.160. The lowest BCUT2D eigenvalue weighted by molar-refractivity contribution is -0.159. The zero-order valence-corrected chi connectivity index (χ0v) is 20.6. The Kier molecular flexibility index (Phi) is 18.0. The lowest BCUT2D eigenvalue weighted by Crippen LogP contribution is -2.33. The summed E-state index contributed by atoms with van der Waals surface area (Å²) in [7, 11) is 0. The molecule has 0 saturated heterocycles. The van der Waals surface area contributed by atoms with E-state index in [-0.39, 0.29) is 17.8 Å². The smallest absolute Gasteiger partial charge is 0.309 e. The average molecular weight is 427 g/mol. The molecule has 4 nitrogen and oxygen atoms in total.